The molecule has 0 spiro atoms. The highest BCUT2D eigenvalue weighted by Crippen LogP contribution is 2.14. The van der Waals surface area contributed by atoms with E-state index in [1.54, 1.807) is 6.92 Å². The lowest BCUT2D eigenvalue weighted by Crippen LogP contribution is -2.54. The minimum absolute atomic E-state index is 0.0799. The van der Waals surface area contributed by atoms with Gasteiger partial charge in [-0.3, -0.25) is 4.79 Å². The summed E-state index contributed by atoms with van der Waals surface area (Å²) in [5.74, 6) is 0.0208. The first-order chi connectivity index (χ1) is 8.33. The van der Waals surface area contributed by atoms with Gasteiger partial charge in [0.05, 0.1) is 0 Å². The molecule has 1 rings (SSSR count). The van der Waals surface area contributed by atoms with E-state index in [4.69, 9.17) is 9.63 Å². The molecule has 0 radical (unpaired) electrons. The average Bonchev–Trinajstić information content (AvgIpc) is 2.70. The average molecular weight is 255 g/mol. The summed E-state index contributed by atoms with van der Waals surface area (Å²) < 4.78 is 4.88. The molecule has 102 valence electrons. The smallest absolute Gasteiger partial charge is 0.274 e. The van der Waals surface area contributed by atoms with Crippen molar-refractivity contribution in [3.05, 3.63) is 17.0 Å². The number of amides is 1. The van der Waals surface area contributed by atoms with Crippen LogP contribution in [0, 0.1) is 6.92 Å². The first-order valence-electron chi connectivity index (χ1n) is 5.89. The van der Waals surface area contributed by atoms with E-state index in [2.05, 4.69) is 15.8 Å². The van der Waals surface area contributed by atoms with Crippen molar-refractivity contribution >= 4 is 5.91 Å². The molecule has 0 saturated heterocycles. The number of rotatable bonds is 5. The maximum atomic E-state index is 12.0. The number of carbonyl (C=O) groups excluding carboxylic acids is 1. The van der Waals surface area contributed by atoms with Gasteiger partial charge in [0, 0.05) is 17.1 Å². The zero-order valence-electron chi connectivity index (χ0n) is 11.5. The van der Waals surface area contributed by atoms with E-state index >= 15 is 0 Å². The maximum Gasteiger partial charge on any atom is 0.274 e. The van der Waals surface area contributed by atoms with E-state index < -0.39 is 0 Å². The lowest BCUT2D eigenvalue weighted by Gasteiger charge is -2.31. The van der Waals surface area contributed by atoms with Gasteiger partial charge in [-0.05, 0) is 34.7 Å². The number of carbonyl (C=O) groups is 1. The Kier molecular flexibility index (Phi) is 4.48. The quantitative estimate of drug-likeness (QED) is 0.717. The van der Waals surface area contributed by atoms with Crippen molar-refractivity contribution < 1.29 is 14.4 Å². The lowest BCUT2D eigenvalue weighted by molar-refractivity contribution is 0.0909. The predicted molar refractivity (Wildman–Crippen MR) is 67.2 cm³/mol. The van der Waals surface area contributed by atoms with Gasteiger partial charge in [0.2, 0.25) is 0 Å². The van der Waals surface area contributed by atoms with E-state index in [1.807, 2.05) is 27.8 Å². The molecule has 1 aromatic rings. The van der Waals surface area contributed by atoms with Gasteiger partial charge in [-0.15, -0.1) is 0 Å². The Morgan fingerprint density at radius 1 is 1.56 bits per heavy atom. The zero-order chi connectivity index (χ0) is 13.9. The largest absolute Gasteiger partial charge is 0.388 e. The predicted octanol–water partition coefficient (Wildman–Crippen LogP) is 0.592. The van der Waals surface area contributed by atoms with Gasteiger partial charge in [-0.2, -0.15) is 0 Å². The Hall–Kier alpha value is -1.40. The van der Waals surface area contributed by atoms with Crippen LogP contribution in [0.15, 0.2) is 4.52 Å². The van der Waals surface area contributed by atoms with E-state index in [0.29, 0.717) is 11.3 Å². The molecule has 6 heteroatoms. The Morgan fingerprint density at radius 2 is 2.17 bits per heavy atom. The standard InChI is InChI=1S/C12H21N3O3/c1-7-9(6-16)18-15-10(7)11(17)14-8(2)12(3,4)13-5/h8,13,16H,6H2,1-5H3,(H,14,17). The first-order valence-corrected chi connectivity index (χ1v) is 5.89. The molecule has 0 aliphatic heterocycles. The van der Waals surface area contributed by atoms with Crippen molar-refractivity contribution in [2.24, 2.45) is 0 Å². The number of nitrogens with one attached hydrogen (secondary N) is 2. The van der Waals surface area contributed by atoms with Crippen LogP contribution >= 0.6 is 0 Å². The molecule has 6 nitrogen and oxygen atoms in total. The number of nitrogens with zero attached hydrogens (tertiary/aromatic N) is 1. The molecule has 0 aliphatic rings. The molecular formula is C12H21N3O3. The molecule has 0 aliphatic carbocycles. The normalized spacial score (nSPS) is 13.4. The lowest BCUT2D eigenvalue weighted by atomic mass is 9.96. The topological polar surface area (TPSA) is 87.4 Å². The number of aromatic nitrogens is 1. The second-order valence-corrected chi connectivity index (χ2v) is 4.90. The van der Waals surface area contributed by atoms with Gasteiger partial charge >= 0.3 is 0 Å². The van der Waals surface area contributed by atoms with Crippen LogP contribution in [0.4, 0.5) is 0 Å². The number of likely N-dealkylation sites (N-methyl/N-ethyl adjacent to an activating group) is 1. The number of hydrogen-bond donors (Lipinski definition) is 3. The number of hydrogen-bond acceptors (Lipinski definition) is 5. The van der Waals surface area contributed by atoms with Gasteiger partial charge in [0.15, 0.2) is 11.5 Å². The SMILES string of the molecule is CNC(C)(C)C(C)NC(=O)c1noc(CO)c1C. The third kappa shape index (κ3) is 2.88. The maximum absolute atomic E-state index is 12.0. The summed E-state index contributed by atoms with van der Waals surface area (Å²) in [6, 6.07) is -0.0799. The van der Waals surface area contributed by atoms with Crippen molar-refractivity contribution in [2.75, 3.05) is 7.05 Å². The zero-order valence-corrected chi connectivity index (χ0v) is 11.5. The fourth-order valence-corrected chi connectivity index (χ4v) is 1.39. The summed E-state index contributed by atoms with van der Waals surface area (Å²) in [6.07, 6.45) is 0. The summed E-state index contributed by atoms with van der Waals surface area (Å²) in [7, 11) is 1.84. The highest BCUT2D eigenvalue weighted by molar-refractivity contribution is 5.93. The molecule has 1 amide bonds. The molecular weight excluding hydrogens is 234 g/mol. The molecule has 1 atom stereocenters. The van der Waals surface area contributed by atoms with Crippen LogP contribution in [0.3, 0.4) is 0 Å². The molecule has 0 saturated carbocycles. The van der Waals surface area contributed by atoms with Crippen LogP contribution in [0.2, 0.25) is 0 Å². The number of aliphatic hydroxyl groups is 1. The molecule has 1 heterocycles. The van der Waals surface area contributed by atoms with Gasteiger partial charge in [-0.25, -0.2) is 0 Å². The summed E-state index contributed by atoms with van der Waals surface area (Å²) in [4.78, 5) is 12.0. The molecule has 1 aromatic heterocycles. The van der Waals surface area contributed by atoms with Crippen LogP contribution in [0.1, 0.15) is 42.6 Å². The third-order valence-corrected chi connectivity index (χ3v) is 3.45. The highest BCUT2D eigenvalue weighted by atomic mass is 16.5. The van der Waals surface area contributed by atoms with E-state index in [9.17, 15) is 4.79 Å². The second-order valence-electron chi connectivity index (χ2n) is 4.90. The van der Waals surface area contributed by atoms with Crippen LogP contribution in [-0.4, -0.2) is 34.8 Å². The third-order valence-electron chi connectivity index (χ3n) is 3.45. The van der Waals surface area contributed by atoms with Crippen molar-refractivity contribution in [3.8, 4) is 0 Å². The minimum atomic E-state index is -0.299. The van der Waals surface area contributed by atoms with Crippen LogP contribution < -0.4 is 10.6 Å². The summed E-state index contributed by atoms with van der Waals surface area (Å²) >= 11 is 0. The molecule has 3 N–H and O–H groups in total. The molecule has 0 bridgehead atoms. The monoisotopic (exact) mass is 255 g/mol. The Bertz CT molecular complexity index is 426. The van der Waals surface area contributed by atoms with Crippen molar-refractivity contribution in [2.45, 2.75) is 45.9 Å². The fraction of sp³-hybridized carbons (Fsp3) is 0.667. The van der Waals surface area contributed by atoms with Gasteiger partial charge in [-0.1, -0.05) is 5.16 Å². The van der Waals surface area contributed by atoms with Crippen molar-refractivity contribution in [1.82, 2.24) is 15.8 Å². The van der Waals surface area contributed by atoms with Crippen molar-refractivity contribution in [1.29, 1.82) is 0 Å². The van der Waals surface area contributed by atoms with Crippen LogP contribution in [-0.2, 0) is 6.61 Å². The van der Waals surface area contributed by atoms with Gasteiger partial charge in [0.25, 0.3) is 5.91 Å². The summed E-state index contributed by atoms with van der Waals surface area (Å²) in [5, 5.41) is 18.7. The molecule has 18 heavy (non-hydrogen) atoms. The van der Waals surface area contributed by atoms with Crippen LogP contribution in [0.5, 0.6) is 0 Å². The van der Waals surface area contributed by atoms with Gasteiger partial charge in [0.1, 0.15) is 6.61 Å². The Labute approximate surface area is 107 Å². The number of aliphatic hydroxyl groups excluding tert-OH is 1. The summed E-state index contributed by atoms with van der Waals surface area (Å²) in [5.41, 5.74) is 0.565. The van der Waals surface area contributed by atoms with E-state index in [-0.39, 0.29) is 29.8 Å². The van der Waals surface area contributed by atoms with Crippen molar-refractivity contribution in [3.63, 3.8) is 0 Å². The van der Waals surface area contributed by atoms with E-state index in [0.717, 1.165) is 0 Å². The Morgan fingerprint density at radius 3 is 2.61 bits per heavy atom. The van der Waals surface area contributed by atoms with Gasteiger partial charge < -0.3 is 20.3 Å². The van der Waals surface area contributed by atoms with E-state index in [1.165, 1.54) is 0 Å². The fourth-order valence-electron chi connectivity index (χ4n) is 1.39. The first kappa shape index (κ1) is 14.7. The Balaban J connectivity index is 2.80. The minimum Gasteiger partial charge on any atom is -0.388 e. The van der Waals surface area contributed by atoms with Crippen LogP contribution in [0.25, 0.3) is 0 Å². The molecule has 1 unspecified atom stereocenters. The highest BCUT2D eigenvalue weighted by Gasteiger charge is 2.27. The molecule has 0 fully saturated rings. The summed E-state index contributed by atoms with van der Waals surface area (Å²) in [6.45, 7) is 7.34. The second kappa shape index (κ2) is 5.49. The molecule has 0 aromatic carbocycles.